The molecule has 6 nitrogen and oxygen atoms in total. The lowest BCUT2D eigenvalue weighted by Crippen LogP contribution is -2.04. The highest BCUT2D eigenvalue weighted by Crippen LogP contribution is 2.41. The summed E-state index contributed by atoms with van der Waals surface area (Å²) in [6.45, 7) is 4.00. The average Bonchev–Trinajstić information content (AvgIpc) is 2.20. The van der Waals surface area contributed by atoms with Crippen LogP contribution < -0.4 is 0 Å². The molecule has 3 N–H and O–H groups in total. The van der Waals surface area contributed by atoms with Gasteiger partial charge in [-0.1, -0.05) is 13.8 Å². The quantitative estimate of drug-likeness (QED) is 0.722. The smallest absolute Gasteiger partial charge is 0.356 e. The maximum absolute atomic E-state index is 10.3. The van der Waals surface area contributed by atoms with Crippen molar-refractivity contribution in [3.8, 4) is 0 Å². The van der Waals surface area contributed by atoms with Gasteiger partial charge in [0.2, 0.25) is 0 Å². The van der Waals surface area contributed by atoms with Crippen molar-refractivity contribution in [3.63, 3.8) is 0 Å². The highest BCUT2D eigenvalue weighted by Gasteiger charge is 2.12. The number of nitrogens with zero attached hydrogens (tertiary/aromatic N) is 2. The van der Waals surface area contributed by atoms with Crippen molar-refractivity contribution < 1.29 is 19.0 Å². The Morgan fingerprint density at radius 1 is 1.27 bits per heavy atom. The number of rotatable bonds is 2. The minimum atomic E-state index is -2.91. The molecule has 0 saturated heterocycles. The van der Waals surface area contributed by atoms with Crippen molar-refractivity contribution >= 4 is 16.6 Å². The predicted molar refractivity (Wildman–Crippen MR) is 57.4 cm³/mol. The van der Waals surface area contributed by atoms with Crippen LogP contribution in [0.2, 0.25) is 0 Å². The molecule has 7 heteroatoms. The average molecular weight is 234 g/mol. The van der Waals surface area contributed by atoms with E-state index in [1.165, 1.54) is 6.26 Å². The Kier molecular flexibility index (Phi) is 5.20. The van der Waals surface area contributed by atoms with E-state index in [4.69, 9.17) is 14.2 Å². The normalized spacial score (nSPS) is 11.3. The van der Waals surface area contributed by atoms with Gasteiger partial charge in [-0.15, -0.1) is 0 Å². The van der Waals surface area contributed by atoms with Crippen LogP contribution in [-0.2, 0) is 0 Å². The fourth-order valence-corrected chi connectivity index (χ4v) is 1.13. The van der Waals surface area contributed by atoms with Crippen LogP contribution in [0, 0.1) is 0 Å². The third-order valence-corrected chi connectivity index (χ3v) is 2.25. The summed E-state index contributed by atoms with van der Waals surface area (Å²) in [6, 6.07) is 0. The fraction of sp³-hybridized carbons (Fsp3) is 0.375. The van der Waals surface area contributed by atoms with E-state index in [-0.39, 0.29) is 10.7 Å². The van der Waals surface area contributed by atoms with E-state index in [9.17, 15) is 4.79 Å². The monoisotopic (exact) mass is 234 g/mol. The molecule has 1 aromatic heterocycles. The van der Waals surface area contributed by atoms with E-state index in [1.54, 1.807) is 0 Å². The van der Waals surface area contributed by atoms with Crippen LogP contribution in [0.15, 0.2) is 17.4 Å². The molecule has 0 saturated carbocycles. The molecule has 0 aliphatic heterocycles. The van der Waals surface area contributed by atoms with Gasteiger partial charge in [-0.2, -0.15) is 10.6 Å². The first-order valence-corrected chi connectivity index (χ1v) is 6.15. The number of carbonyl (C=O) groups is 1. The van der Waals surface area contributed by atoms with Gasteiger partial charge < -0.3 is 5.11 Å². The van der Waals surface area contributed by atoms with E-state index in [1.807, 2.05) is 13.8 Å². The van der Waals surface area contributed by atoms with E-state index in [2.05, 4.69) is 9.97 Å². The van der Waals surface area contributed by atoms with Crippen LogP contribution in [0.1, 0.15) is 24.3 Å². The molecule has 0 radical (unpaired) electrons. The molecule has 0 unspecified atom stereocenters. The predicted octanol–water partition coefficient (Wildman–Crippen LogP) is 1.94. The molecule has 0 fully saturated rings. The number of carboxylic acid groups (broad SMARTS) is 1. The Hall–Kier alpha value is -1.18. The van der Waals surface area contributed by atoms with Crippen LogP contribution in [0.5, 0.6) is 0 Å². The molecule has 0 bridgehead atoms. The summed E-state index contributed by atoms with van der Waals surface area (Å²) in [4.78, 5) is 17.4. The molecule has 86 valence electrons. The highest BCUT2D eigenvalue weighted by molar-refractivity contribution is 8.23. The van der Waals surface area contributed by atoms with Crippen molar-refractivity contribution in [3.05, 3.63) is 18.1 Å². The van der Waals surface area contributed by atoms with Crippen LogP contribution in [0.3, 0.4) is 0 Å². The van der Waals surface area contributed by atoms with E-state index in [0.717, 1.165) is 12.4 Å². The van der Waals surface area contributed by atoms with Gasteiger partial charge >= 0.3 is 5.97 Å². The van der Waals surface area contributed by atoms with Gasteiger partial charge in [-0.05, 0) is 0 Å². The first-order valence-electron chi connectivity index (χ1n) is 4.20. The van der Waals surface area contributed by atoms with Crippen LogP contribution >= 0.6 is 10.6 Å². The van der Waals surface area contributed by atoms with Gasteiger partial charge in [0.15, 0.2) is 10.7 Å². The second kappa shape index (κ2) is 5.64. The van der Waals surface area contributed by atoms with Crippen LogP contribution in [0.25, 0.3) is 0 Å². The molecule has 0 aliphatic rings. The van der Waals surface area contributed by atoms with Gasteiger partial charge in [0.25, 0.3) is 0 Å². The molecule has 1 rings (SSSR count). The molecule has 0 aromatic carbocycles. The van der Waals surface area contributed by atoms with Crippen molar-refractivity contribution in [1.29, 1.82) is 0 Å². The molecular formula is C8H14N2O4S. The summed E-state index contributed by atoms with van der Waals surface area (Å²) >= 11 is 0. The zero-order chi connectivity index (χ0) is 12.1. The summed E-state index contributed by atoms with van der Waals surface area (Å²) in [7, 11) is -2.91. The number of carboxylic acids is 1. The number of aromatic nitrogens is 2. The molecule has 0 amide bonds. The summed E-state index contributed by atoms with van der Waals surface area (Å²) in [6.07, 6.45) is 3.21. The maximum Gasteiger partial charge on any atom is 0.356 e. The summed E-state index contributed by atoms with van der Waals surface area (Å²) in [5.74, 6) is -1.20. The van der Waals surface area contributed by atoms with Gasteiger partial charge in [0.05, 0.1) is 12.4 Å². The number of hydrogen-bond acceptors (Lipinski definition) is 5. The summed E-state index contributed by atoms with van der Waals surface area (Å²) in [5.41, 5.74) is -0.229. The van der Waals surface area contributed by atoms with Gasteiger partial charge in [0, 0.05) is 6.26 Å². The second-order valence-corrected chi connectivity index (χ2v) is 4.46. The highest BCUT2D eigenvalue weighted by atomic mass is 32.3. The van der Waals surface area contributed by atoms with E-state index < -0.39 is 16.6 Å². The van der Waals surface area contributed by atoms with Crippen molar-refractivity contribution in [2.45, 2.75) is 18.9 Å². The second-order valence-electron chi connectivity index (χ2n) is 2.38. The molecule has 0 atom stereocenters. The molecule has 0 aliphatic carbocycles. The summed E-state index contributed by atoms with van der Waals surface area (Å²) in [5, 5.41) is 8.44. The van der Waals surface area contributed by atoms with Gasteiger partial charge in [-0.25, -0.2) is 14.8 Å². The number of hydrogen-bond donors (Lipinski definition) is 3. The van der Waals surface area contributed by atoms with Crippen molar-refractivity contribution in [1.82, 2.24) is 9.97 Å². The SMILES string of the molecule is CC.CS(O)(O)c1cnc(C(=O)O)cn1. The van der Waals surface area contributed by atoms with Crippen molar-refractivity contribution in [2.75, 3.05) is 6.26 Å². The standard InChI is InChI=1S/C6H8N2O4S.C2H6/c1-13(11,12)5-3-7-4(2-8-5)6(9)10;1-2/h2-3,11-12H,1H3,(H,9,10);1-2H3. The lowest BCUT2D eigenvalue weighted by atomic mass is 10.5. The Bertz CT molecular complexity index is 320. The lowest BCUT2D eigenvalue weighted by molar-refractivity contribution is 0.0689. The Morgan fingerprint density at radius 3 is 2.07 bits per heavy atom. The fourth-order valence-electron chi connectivity index (χ4n) is 0.626. The van der Waals surface area contributed by atoms with Crippen molar-refractivity contribution in [2.24, 2.45) is 0 Å². The molecule has 1 heterocycles. The minimum absolute atomic E-state index is 0.0162. The van der Waals surface area contributed by atoms with Gasteiger partial charge in [-0.3, -0.25) is 9.11 Å². The first kappa shape index (κ1) is 13.8. The summed E-state index contributed by atoms with van der Waals surface area (Å²) < 4.78 is 18.2. The third kappa shape index (κ3) is 4.24. The Labute approximate surface area is 89.4 Å². The molecule has 0 spiro atoms. The maximum atomic E-state index is 10.3. The topological polar surface area (TPSA) is 104 Å². The zero-order valence-corrected chi connectivity index (χ0v) is 9.52. The van der Waals surface area contributed by atoms with Crippen LogP contribution in [0.4, 0.5) is 0 Å². The first-order chi connectivity index (χ1) is 6.91. The van der Waals surface area contributed by atoms with E-state index in [0.29, 0.717) is 0 Å². The third-order valence-electron chi connectivity index (χ3n) is 1.24. The number of aromatic carboxylic acids is 1. The zero-order valence-electron chi connectivity index (χ0n) is 8.71. The van der Waals surface area contributed by atoms with E-state index >= 15 is 0 Å². The Balaban J connectivity index is 0.000000921. The molecule has 15 heavy (non-hydrogen) atoms. The molecule has 1 aromatic rings. The largest absolute Gasteiger partial charge is 0.476 e. The molecular weight excluding hydrogens is 220 g/mol. The van der Waals surface area contributed by atoms with Crippen LogP contribution in [-0.4, -0.2) is 36.4 Å². The van der Waals surface area contributed by atoms with Gasteiger partial charge in [0.1, 0.15) is 0 Å². The Morgan fingerprint density at radius 2 is 1.80 bits per heavy atom. The lowest BCUT2D eigenvalue weighted by Gasteiger charge is -2.24. The minimum Gasteiger partial charge on any atom is -0.476 e.